The van der Waals surface area contributed by atoms with Crippen molar-refractivity contribution in [1.29, 1.82) is 0 Å². The molecule has 2 aromatic heterocycles. The second kappa shape index (κ2) is 8.37. The Labute approximate surface area is 190 Å². The summed E-state index contributed by atoms with van der Waals surface area (Å²) in [6.45, 7) is 4.41. The number of carbonyl (C=O) groups excluding carboxylic acids is 1. The van der Waals surface area contributed by atoms with Crippen LogP contribution in [0.25, 0.3) is 17.1 Å². The van der Waals surface area contributed by atoms with Gasteiger partial charge in [0.2, 0.25) is 5.88 Å². The Kier molecular flexibility index (Phi) is 5.38. The number of carbonyl (C=O) groups is 1. The maximum Gasteiger partial charge on any atom is 0.342 e. The number of aromatic amines is 1. The Bertz CT molecular complexity index is 1290. The number of hydrogen-bond acceptors (Lipinski definition) is 6. The lowest BCUT2D eigenvalue weighted by molar-refractivity contribution is -0.143. The average Bonchev–Trinajstić information content (AvgIpc) is 3.34. The first kappa shape index (κ1) is 21.2. The molecule has 1 unspecified atom stereocenters. The van der Waals surface area contributed by atoms with Crippen LogP contribution in [-0.2, 0) is 27.2 Å². The first-order chi connectivity index (χ1) is 15.9. The summed E-state index contributed by atoms with van der Waals surface area (Å²) in [5.41, 5.74) is 3.41. The summed E-state index contributed by atoms with van der Waals surface area (Å²) in [7, 11) is 0. The molecule has 2 aliphatic rings. The lowest BCUT2D eigenvalue weighted by Gasteiger charge is -2.31. The minimum atomic E-state index is -1.29. The highest BCUT2D eigenvalue weighted by Gasteiger charge is 2.40. The van der Waals surface area contributed by atoms with E-state index in [-0.39, 0.29) is 29.1 Å². The fourth-order valence-corrected chi connectivity index (χ4v) is 4.25. The Balaban J connectivity index is 1.52. The molecule has 8 heteroatoms. The SMILES string of the molecule is CC(C)OC(=O)C1=C(N2CCc3ccc(F)cc3C2)O/C(=C\c2c[nH]c3ncccc23)C1O. The minimum Gasteiger partial charge on any atom is -0.459 e. The number of nitrogens with one attached hydrogen (secondary N) is 1. The van der Waals surface area contributed by atoms with E-state index in [0.29, 0.717) is 25.2 Å². The number of rotatable bonds is 4. The lowest BCUT2D eigenvalue weighted by atomic mass is 9.99. The van der Waals surface area contributed by atoms with E-state index in [2.05, 4.69) is 9.97 Å². The minimum absolute atomic E-state index is 0.0489. The van der Waals surface area contributed by atoms with E-state index in [9.17, 15) is 14.3 Å². The molecule has 7 nitrogen and oxygen atoms in total. The van der Waals surface area contributed by atoms with Crippen LogP contribution < -0.4 is 0 Å². The van der Waals surface area contributed by atoms with Gasteiger partial charge >= 0.3 is 5.97 Å². The van der Waals surface area contributed by atoms with Crippen LogP contribution in [0.3, 0.4) is 0 Å². The van der Waals surface area contributed by atoms with Gasteiger partial charge in [0.1, 0.15) is 28.9 Å². The van der Waals surface area contributed by atoms with E-state index >= 15 is 0 Å². The van der Waals surface area contributed by atoms with Crippen molar-refractivity contribution in [2.75, 3.05) is 6.54 Å². The first-order valence-electron chi connectivity index (χ1n) is 10.9. The predicted octanol–water partition coefficient (Wildman–Crippen LogP) is 3.66. The molecule has 0 radical (unpaired) electrons. The molecule has 0 saturated heterocycles. The summed E-state index contributed by atoms with van der Waals surface area (Å²) >= 11 is 0. The zero-order chi connectivity index (χ0) is 23.1. The van der Waals surface area contributed by atoms with Gasteiger partial charge in [-0.3, -0.25) is 0 Å². The number of esters is 1. The van der Waals surface area contributed by atoms with Crippen LogP contribution in [0.2, 0.25) is 0 Å². The number of benzene rings is 1. The third kappa shape index (κ3) is 3.98. The van der Waals surface area contributed by atoms with Crippen molar-refractivity contribution >= 4 is 23.1 Å². The fourth-order valence-electron chi connectivity index (χ4n) is 4.25. The van der Waals surface area contributed by atoms with Crippen molar-refractivity contribution in [2.24, 2.45) is 0 Å². The molecule has 0 fully saturated rings. The predicted molar refractivity (Wildman–Crippen MR) is 120 cm³/mol. The number of aromatic nitrogens is 2. The number of hydrogen-bond donors (Lipinski definition) is 2. The highest BCUT2D eigenvalue weighted by atomic mass is 19.1. The average molecular weight is 449 g/mol. The van der Waals surface area contributed by atoms with E-state index in [4.69, 9.17) is 9.47 Å². The monoisotopic (exact) mass is 449 g/mol. The van der Waals surface area contributed by atoms with Crippen molar-refractivity contribution in [3.05, 3.63) is 82.4 Å². The summed E-state index contributed by atoms with van der Waals surface area (Å²) in [6.07, 6.45) is 4.17. The van der Waals surface area contributed by atoms with Crippen LogP contribution in [0.1, 0.15) is 30.5 Å². The Morgan fingerprint density at radius 2 is 2.21 bits per heavy atom. The van der Waals surface area contributed by atoms with Gasteiger partial charge in [-0.05, 0) is 61.7 Å². The van der Waals surface area contributed by atoms with Crippen LogP contribution in [-0.4, -0.2) is 44.7 Å². The molecule has 0 saturated carbocycles. The lowest BCUT2D eigenvalue weighted by Crippen LogP contribution is -2.32. The summed E-state index contributed by atoms with van der Waals surface area (Å²) in [4.78, 5) is 22.1. The van der Waals surface area contributed by atoms with Crippen LogP contribution in [0.5, 0.6) is 0 Å². The third-order valence-corrected chi connectivity index (χ3v) is 5.80. The second-order valence-corrected chi connectivity index (χ2v) is 8.45. The van der Waals surface area contributed by atoms with E-state index in [1.165, 1.54) is 12.1 Å². The molecule has 0 aliphatic carbocycles. The van der Waals surface area contributed by atoms with E-state index in [1.54, 1.807) is 38.4 Å². The highest BCUT2D eigenvalue weighted by Crippen LogP contribution is 2.36. The third-order valence-electron chi connectivity index (χ3n) is 5.80. The highest BCUT2D eigenvalue weighted by molar-refractivity contribution is 5.93. The van der Waals surface area contributed by atoms with Crippen LogP contribution in [0.15, 0.2) is 59.9 Å². The maximum atomic E-state index is 13.8. The molecule has 33 heavy (non-hydrogen) atoms. The van der Waals surface area contributed by atoms with Gasteiger partial charge < -0.3 is 24.5 Å². The summed E-state index contributed by atoms with van der Waals surface area (Å²) < 4.78 is 25.3. The second-order valence-electron chi connectivity index (χ2n) is 8.45. The summed E-state index contributed by atoms with van der Waals surface area (Å²) in [6, 6.07) is 8.46. The molecule has 170 valence electrons. The van der Waals surface area contributed by atoms with Crippen molar-refractivity contribution < 1.29 is 23.8 Å². The fraction of sp³-hybridized carbons (Fsp3) is 0.280. The van der Waals surface area contributed by atoms with Gasteiger partial charge in [-0.15, -0.1) is 0 Å². The molecule has 1 atom stereocenters. The molecular weight excluding hydrogens is 425 g/mol. The quantitative estimate of drug-likeness (QED) is 0.591. The summed E-state index contributed by atoms with van der Waals surface area (Å²) in [5, 5.41) is 11.9. The number of ether oxygens (including phenoxy) is 2. The number of H-pyrrole nitrogens is 1. The molecule has 4 heterocycles. The molecule has 1 aromatic carbocycles. The molecule has 2 N–H and O–H groups in total. The van der Waals surface area contributed by atoms with E-state index < -0.39 is 12.1 Å². The number of pyridine rings is 1. The molecule has 3 aromatic rings. The van der Waals surface area contributed by atoms with Gasteiger partial charge in [-0.1, -0.05) is 6.07 Å². The topological polar surface area (TPSA) is 87.7 Å². The van der Waals surface area contributed by atoms with Gasteiger partial charge in [0.25, 0.3) is 0 Å². The molecule has 0 amide bonds. The zero-order valence-electron chi connectivity index (χ0n) is 18.3. The van der Waals surface area contributed by atoms with Crippen molar-refractivity contribution in [1.82, 2.24) is 14.9 Å². The Morgan fingerprint density at radius 1 is 1.36 bits per heavy atom. The molecule has 0 spiro atoms. The normalized spacial score (nSPS) is 19.4. The zero-order valence-corrected chi connectivity index (χ0v) is 18.3. The van der Waals surface area contributed by atoms with E-state index in [1.807, 2.05) is 17.0 Å². The maximum absolute atomic E-state index is 13.8. The van der Waals surface area contributed by atoms with Gasteiger partial charge in [0, 0.05) is 36.4 Å². The smallest absolute Gasteiger partial charge is 0.342 e. The number of halogens is 1. The van der Waals surface area contributed by atoms with Gasteiger partial charge in [0.05, 0.1) is 6.10 Å². The van der Waals surface area contributed by atoms with Gasteiger partial charge in [-0.25, -0.2) is 14.2 Å². The van der Waals surface area contributed by atoms with Gasteiger partial charge in [0.15, 0.2) is 0 Å². The van der Waals surface area contributed by atoms with Crippen LogP contribution in [0, 0.1) is 5.82 Å². The van der Waals surface area contributed by atoms with Crippen LogP contribution in [0.4, 0.5) is 4.39 Å². The molecule has 5 rings (SSSR count). The van der Waals surface area contributed by atoms with Crippen molar-refractivity contribution in [2.45, 2.75) is 39.0 Å². The standard InChI is InChI=1S/C25H24FN3O4/c1-14(2)32-25(31)21-22(30)20(11-16-12-28-23-19(16)4-3-8-27-23)33-24(21)29-9-7-15-5-6-18(26)10-17(15)13-29/h3-6,8,10-12,14,22,30H,7,9,13H2,1-2H3,(H,27,28)/b20-11-. The van der Waals surface area contributed by atoms with Gasteiger partial charge in [-0.2, -0.15) is 0 Å². The molecule has 2 aliphatic heterocycles. The van der Waals surface area contributed by atoms with Crippen LogP contribution >= 0.6 is 0 Å². The molecular formula is C25H24FN3O4. The first-order valence-corrected chi connectivity index (χ1v) is 10.9. The molecule has 0 bridgehead atoms. The number of fused-ring (bicyclic) bond motifs is 2. The number of nitrogens with zero attached hydrogens (tertiary/aromatic N) is 2. The summed E-state index contributed by atoms with van der Waals surface area (Å²) in [5.74, 6) is -0.491. The largest absolute Gasteiger partial charge is 0.459 e. The van der Waals surface area contributed by atoms with Crippen molar-refractivity contribution in [3.63, 3.8) is 0 Å². The van der Waals surface area contributed by atoms with Crippen molar-refractivity contribution in [3.8, 4) is 0 Å². The number of aliphatic hydroxyl groups is 1. The number of aliphatic hydroxyl groups excluding tert-OH is 1. The Hall–Kier alpha value is -3.65. The Morgan fingerprint density at radius 3 is 3.03 bits per heavy atom. The van der Waals surface area contributed by atoms with E-state index in [0.717, 1.165) is 22.1 Å².